The summed E-state index contributed by atoms with van der Waals surface area (Å²) in [4.78, 5) is 10.3. The monoisotopic (exact) mass is 292 g/mol. The summed E-state index contributed by atoms with van der Waals surface area (Å²) in [6.45, 7) is 3.44. The Bertz CT molecular complexity index is 689. The molecule has 1 unspecified atom stereocenters. The zero-order chi connectivity index (χ0) is 15.6. The highest BCUT2D eigenvalue weighted by atomic mass is 19.1. The van der Waals surface area contributed by atoms with Crippen LogP contribution < -0.4 is 5.32 Å². The fraction of sp³-hybridized carbons (Fsp3) is 0.200. The molecule has 0 saturated heterocycles. The van der Waals surface area contributed by atoms with Gasteiger partial charge in [-0.1, -0.05) is 6.07 Å². The molecule has 0 aliphatic carbocycles. The third kappa shape index (κ3) is 3.34. The van der Waals surface area contributed by atoms with Crippen molar-refractivity contribution in [3.05, 3.63) is 69.3 Å². The number of non-ortho nitro benzene ring substituents is 1. The number of anilines is 1. The highest BCUT2D eigenvalue weighted by Gasteiger charge is 2.15. The van der Waals surface area contributed by atoms with Gasteiger partial charge in [0.25, 0.3) is 5.69 Å². The minimum atomic E-state index is -0.532. The summed E-state index contributed by atoms with van der Waals surface area (Å²) >= 11 is 0. The predicted octanol–water partition coefficient (Wildman–Crippen LogP) is 4.35. The van der Waals surface area contributed by atoms with Crippen LogP contribution in [0.15, 0.2) is 36.4 Å². The molecule has 0 aliphatic rings. The van der Waals surface area contributed by atoms with Gasteiger partial charge in [0.05, 0.1) is 11.0 Å². The van der Waals surface area contributed by atoms with Gasteiger partial charge in [-0.2, -0.15) is 0 Å². The predicted molar refractivity (Wildman–Crippen MR) is 76.2 cm³/mol. The molecule has 2 aromatic rings. The Balaban J connectivity index is 2.31. The Morgan fingerprint density at radius 3 is 2.57 bits per heavy atom. The Morgan fingerprint density at radius 1 is 1.19 bits per heavy atom. The summed E-state index contributed by atoms with van der Waals surface area (Å²) in [7, 11) is 0. The van der Waals surface area contributed by atoms with Crippen LogP contribution in [0.5, 0.6) is 0 Å². The molecular formula is C15H14F2N2O2. The van der Waals surface area contributed by atoms with Crippen LogP contribution >= 0.6 is 0 Å². The molecular weight excluding hydrogens is 278 g/mol. The molecule has 1 atom stereocenters. The second-order valence-electron chi connectivity index (χ2n) is 4.79. The Hall–Kier alpha value is -2.50. The molecule has 0 amide bonds. The van der Waals surface area contributed by atoms with Gasteiger partial charge >= 0.3 is 0 Å². The molecule has 0 spiro atoms. The quantitative estimate of drug-likeness (QED) is 0.673. The Morgan fingerprint density at radius 2 is 1.90 bits per heavy atom. The van der Waals surface area contributed by atoms with Gasteiger partial charge in [0.15, 0.2) is 0 Å². The number of halogens is 2. The van der Waals surface area contributed by atoms with Crippen molar-refractivity contribution in [1.82, 2.24) is 0 Å². The van der Waals surface area contributed by atoms with E-state index >= 15 is 0 Å². The van der Waals surface area contributed by atoms with Gasteiger partial charge in [-0.05, 0) is 37.6 Å². The van der Waals surface area contributed by atoms with Crippen LogP contribution in [0.3, 0.4) is 0 Å². The van der Waals surface area contributed by atoms with Crippen LogP contribution in [0.25, 0.3) is 0 Å². The first-order valence-corrected chi connectivity index (χ1v) is 6.35. The summed E-state index contributed by atoms with van der Waals surface area (Å²) in [5.41, 5.74) is 1.40. The number of benzene rings is 2. The maximum absolute atomic E-state index is 13.7. The first-order valence-electron chi connectivity index (χ1n) is 6.35. The van der Waals surface area contributed by atoms with Crippen LogP contribution in [0.1, 0.15) is 24.1 Å². The average molecular weight is 292 g/mol. The van der Waals surface area contributed by atoms with Crippen molar-refractivity contribution in [2.45, 2.75) is 19.9 Å². The van der Waals surface area contributed by atoms with Gasteiger partial charge in [0.2, 0.25) is 0 Å². The lowest BCUT2D eigenvalue weighted by atomic mass is 10.1. The van der Waals surface area contributed by atoms with Crippen molar-refractivity contribution < 1.29 is 13.7 Å². The van der Waals surface area contributed by atoms with E-state index in [-0.39, 0.29) is 11.3 Å². The number of nitro benzene ring substituents is 1. The second kappa shape index (κ2) is 5.87. The van der Waals surface area contributed by atoms with Crippen LogP contribution in [-0.2, 0) is 0 Å². The number of nitrogens with one attached hydrogen (secondary N) is 1. The van der Waals surface area contributed by atoms with Gasteiger partial charge in [0, 0.05) is 23.4 Å². The van der Waals surface area contributed by atoms with Crippen molar-refractivity contribution in [2.75, 3.05) is 5.32 Å². The summed E-state index contributed by atoms with van der Waals surface area (Å²) < 4.78 is 26.9. The van der Waals surface area contributed by atoms with E-state index in [2.05, 4.69) is 5.32 Å². The molecule has 0 heterocycles. The van der Waals surface area contributed by atoms with E-state index in [1.165, 1.54) is 12.1 Å². The third-order valence-electron chi connectivity index (χ3n) is 3.23. The van der Waals surface area contributed by atoms with Crippen molar-refractivity contribution in [3.8, 4) is 0 Å². The third-order valence-corrected chi connectivity index (χ3v) is 3.23. The van der Waals surface area contributed by atoms with Gasteiger partial charge in [0.1, 0.15) is 11.6 Å². The molecule has 6 heteroatoms. The second-order valence-corrected chi connectivity index (χ2v) is 4.79. The number of hydrogen-bond donors (Lipinski definition) is 1. The Kier molecular flexibility index (Phi) is 4.16. The molecule has 0 bridgehead atoms. The SMILES string of the molecule is Cc1ccc([N+](=O)[O-])cc1NC(C)c1cc(F)ccc1F. The summed E-state index contributed by atoms with van der Waals surface area (Å²) in [6, 6.07) is 7.07. The van der Waals surface area contributed by atoms with E-state index < -0.39 is 22.6 Å². The topological polar surface area (TPSA) is 55.2 Å². The van der Waals surface area contributed by atoms with Gasteiger partial charge in [-0.25, -0.2) is 8.78 Å². The number of nitrogens with zero attached hydrogens (tertiary/aromatic N) is 1. The number of rotatable bonds is 4. The summed E-state index contributed by atoms with van der Waals surface area (Å²) in [5.74, 6) is -1.06. The minimum Gasteiger partial charge on any atom is -0.378 e. The summed E-state index contributed by atoms with van der Waals surface area (Å²) in [6.07, 6.45) is 0. The lowest BCUT2D eigenvalue weighted by Crippen LogP contribution is -2.10. The van der Waals surface area contributed by atoms with Crippen molar-refractivity contribution in [2.24, 2.45) is 0 Å². The van der Waals surface area contributed by atoms with E-state index in [9.17, 15) is 18.9 Å². The molecule has 0 aliphatic heterocycles. The van der Waals surface area contributed by atoms with Gasteiger partial charge in [-0.15, -0.1) is 0 Å². The molecule has 110 valence electrons. The van der Waals surface area contributed by atoms with Crippen molar-refractivity contribution in [1.29, 1.82) is 0 Å². The van der Waals surface area contributed by atoms with E-state index in [1.54, 1.807) is 19.9 Å². The normalized spacial score (nSPS) is 12.0. The highest BCUT2D eigenvalue weighted by Crippen LogP contribution is 2.27. The first kappa shape index (κ1) is 14.9. The Labute approximate surface area is 120 Å². The molecule has 21 heavy (non-hydrogen) atoms. The van der Waals surface area contributed by atoms with E-state index in [0.29, 0.717) is 5.69 Å². The van der Waals surface area contributed by atoms with Crippen LogP contribution in [0.4, 0.5) is 20.2 Å². The molecule has 0 saturated carbocycles. The fourth-order valence-electron chi connectivity index (χ4n) is 2.04. The fourth-order valence-corrected chi connectivity index (χ4v) is 2.04. The van der Waals surface area contributed by atoms with E-state index in [1.807, 2.05) is 0 Å². The maximum Gasteiger partial charge on any atom is 0.271 e. The smallest absolute Gasteiger partial charge is 0.271 e. The molecule has 0 fully saturated rings. The molecule has 2 aromatic carbocycles. The number of aryl methyl sites for hydroxylation is 1. The van der Waals surface area contributed by atoms with E-state index in [4.69, 9.17) is 0 Å². The van der Waals surface area contributed by atoms with Crippen molar-refractivity contribution >= 4 is 11.4 Å². The average Bonchev–Trinajstić information content (AvgIpc) is 2.43. The largest absolute Gasteiger partial charge is 0.378 e. The van der Waals surface area contributed by atoms with Gasteiger partial charge in [-0.3, -0.25) is 10.1 Å². The molecule has 0 aromatic heterocycles. The van der Waals surface area contributed by atoms with Crippen LogP contribution in [0, 0.1) is 28.7 Å². The molecule has 0 radical (unpaired) electrons. The number of nitro groups is 1. The van der Waals surface area contributed by atoms with Gasteiger partial charge < -0.3 is 5.32 Å². The lowest BCUT2D eigenvalue weighted by Gasteiger charge is -2.18. The van der Waals surface area contributed by atoms with Crippen LogP contribution in [-0.4, -0.2) is 4.92 Å². The van der Waals surface area contributed by atoms with Crippen molar-refractivity contribution in [3.63, 3.8) is 0 Å². The highest BCUT2D eigenvalue weighted by molar-refractivity contribution is 5.57. The molecule has 2 rings (SSSR count). The van der Waals surface area contributed by atoms with Crippen LogP contribution in [0.2, 0.25) is 0 Å². The zero-order valence-corrected chi connectivity index (χ0v) is 11.6. The number of hydrogen-bond acceptors (Lipinski definition) is 3. The molecule has 4 nitrogen and oxygen atoms in total. The maximum atomic E-state index is 13.7. The van der Waals surface area contributed by atoms with E-state index in [0.717, 1.165) is 23.8 Å². The lowest BCUT2D eigenvalue weighted by molar-refractivity contribution is -0.384. The zero-order valence-electron chi connectivity index (χ0n) is 11.6. The standard InChI is InChI=1S/C15H14F2N2O2/c1-9-3-5-12(19(20)21)8-15(9)18-10(2)13-7-11(16)4-6-14(13)17/h3-8,10,18H,1-2H3. The first-order chi connectivity index (χ1) is 9.88. The molecule has 1 N–H and O–H groups in total. The summed E-state index contributed by atoms with van der Waals surface area (Å²) in [5, 5.41) is 13.8. The minimum absolute atomic E-state index is 0.0602.